The van der Waals surface area contributed by atoms with Crippen LogP contribution in [0.4, 0.5) is 22.7 Å². The van der Waals surface area contributed by atoms with E-state index in [9.17, 15) is 35.5 Å². The van der Waals surface area contributed by atoms with E-state index >= 15 is 0 Å². The number of rotatable bonds is 8. The molecule has 0 aliphatic carbocycles. The van der Waals surface area contributed by atoms with E-state index in [4.69, 9.17) is 11.5 Å². The van der Waals surface area contributed by atoms with Crippen LogP contribution in [0.25, 0.3) is 12.2 Å². The van der Waals surface area contributed by atoms with Crippen LogP contribution >= 0.6 is 0 Å². The van der Waals surface area contributed by atoms with Crippen molar-refractivity contribution in [3.63, 3.8) is 0 Å². The van der Waals surface area contributed by atoms with Crippen molar-refractivity contribution in [3.05, 3.63) is 107 Å². The molecule has 2 amide bonds. The van der Waals surface area contributed by atoms with Gasteiger partial charge in [0.25, 0.3) is 32.1 Å². The Bertz CT molecular complexity index is 1790. The Hall–Kier alpha value is -4.02. The summed E-state index contributed by atoms with van der Waals surface area (Å²) in [5.74, 6) is -1.11. The number of hydrogen-bond donors (Lipinski definition) is 6. The van der Waals surface area contributed by atoms with Crippen LogP contribution in [-0.4, -0.2) is 67.3 Å². The summed E-state index contributed by atoms with van der Waals surface area (Å²) < 4.78 is 68.2. The fraction of sp³-hybridized carbons (Fsp3) is 0. The fourth-order valence-electron chi connectivity index (χ4n) is 3.80. The predicted octanol–water partition coefficient (Wildman–Crippen LogP) is 3.37. The van der Waals surface area contributed by atoms with Gasteiger partial charge in [-0.2, -0.15) is 16.8 Å². The minimum atomic E-state index is -4.80. The number of hydrogen-bond acceptors (Lipinski definition) is 8. The normalized spacial score (nSPS) is 11.5. The van der Waals surface area contributed by atoms with Gasteiger partial charge in [0.2, 0.25) is 0 Å². The summed E-state index contributed by atoms with van der Waals surface area (Å²) in [6, 6.07) is 19.4. The zero-order chi connectivity index (χ0) is 30.7. The molecule has 0 saturated carbocycles. The van der Waals surface area contributed by atoms with E-state index in [0.29, 0.717) is 11.4 Å². The molecule has 8 N–H and O–H groups in total. The number of nitrogens with two attached hydrogens (primary N) is 2. The molecule has 218 valence electrons. The second-order valence-corrected chi connectivity index (χ2v) is 11.7. The number of benzene rings is 4. The standard InChI is InChI=1S/C28H24N4O8S2.Na.H/c29-21-9-3-19(4-10-21)27(33)31-23-13-7-17(25(15-23)41(35,36)37)1-2-18-8-14-24(16-26(18)42(38,39)40)32-28(34)20-5-11-22(30)12-6-20;;/h1-16H,29-30H2,(H,31,33)(H,32,34)(H,35,36,37)(H,38,39,40);;. The van der Waals surface area contributed by atoms with Gasteiger partial charge in [0.1, 0.15) is 9.79 Å². The van der Waals surface area contributed by atoms with Crippen molar-refractivity contribution < 1.29 is 35.5 Å². The van der Waals surface area contributed by atoms with E-state index in [1.54, 1.807) is 0 Å². The zero-order valence-corrected chi connectivity index (χ0v) is 23.2. The average Bonchev–Trinajstić information content (AvgIpc) is 2.92. The van der Waals surface area contributed by atoms with Crippen molar-refractivity contribution in [2.45, 2.75) is 9.79 Å². The van der Waals surface area contributed by atoms with Crippen LogP contribution in [0.5, 0.6) is 0 Å². The molecule has 4 rings (SSSR count). The molecule has 0 unspecified atom stereocenters. The van der Waals surface area contributed by atoms with E-state index < -0.39 is 41.8 Å². The molecule has 4 aromatic carbocycles. The number of nitrogens with one attached hydrogen (secondary N) is 2. The third-order valence-electron chi connectivity index (χ3n) is 5.89. The van der Waals surface area contributed by atoms with Gasteiger partial charge in [0, 0.05) is 33.9 Å². The van der Waals surface area contributed by atoms with Crippen LogP contribution in [0, 0.1) is 0 Å². The molecule has 12 nitrogen and oxygen atoms in total. The Morgan fingerprint density at radius 2 is 0.907 bits per heavy atom. The maximum absolute atomic E-state index is 12.5. The van der Waals surface area contributed by atoms with Crippen molar-refractivity contribution in [1.29, 1.82) is 0 Å². The van der Waals surface area contributed by atoms with E-state index in [-0.39, 0.29) is 63.2 Å². The maximum atomic E-state index is 12.5. The first-order chi connectivity index (χ1) is 19.7. The van der Waals surface area contributed by atoms with Gasteiger partial charge < -0.3 is 22.1 Å². The molecule has 0 aliphatic heterocycles. The van der Waals surface area contributed by atoms with E-state index in [1.807, 2.05) is 0 Å². The van der Waals surface area contributed by atoms with Crippen molar-refractivity contribution in [2.75, 3.05) is 22.1 Å². The number of carbonyl (C=O) groups is 2. The first-order valence-corrected chi connectivity index (χ1v) is 14.8. The second-order valence-electron chi connectivity index (χ2n) is 8.94. The summed E-state index contributed by atoms with van der Waals surface area (Å²) in [6.07, 6.45) is 2.40. The van der Waals surface area contributed by atoms with Crippen molar-refractivity contribution in [3.8, 4) is 0 Å². The molecule has 0 spiro atoms. The van der Waals surface area contributed by atoms with E-state index in [1.165, 1.54) is 84.9 Å². The van der Waals surface area contributed by atoms with Gasteiger partial charge in [-0.05, 0) is 83.9 Å². The SMILES string of the molecule is Nc1ccc(C(=O)Nc2ccc(C=Cc3ccc(NC(=O)c4ccc(N)cc4)cc3S(=O)(=O)O)c(S(=O)(=O)O)c2)cc1.[NaH]. The molecule has 0 atom stereocenters. The summed E-state index contributed by atoms with van der Waals surface area (Å²) in [6.45, 7) is 0. The molecule has 0 aromatic heterocycles. The Labute approximate surface area is 269 Å². The molecule has 4 aromatic rings. The predicted molar refractivity (Wildman–Crippen MR) is 166 cm³/mol. The molecule has 0 heterocycles. The van der Waals surface area contributed by atoms with Gasteiger partial charge in [-0.1, -0.05) is 24.3 Å². The molecule has 0 bridgehead atoms. The molecule has 15 heteroatoms. The van der Waals surface area contributed by atoms with Gasteiger partial charge in [0.15, 0.2) is 0 Å². The van der Waals surface area contributed by atoms with E-state index in [0.717, 1.165) is 12.1 Å². The number of carbonyl (C=O) groups excluding carboxylic acids is 2. The van der Waals surface area contributed by atoms with Gasteiger partial charge in [-0.15, -0.1) is 0 Å². The Kier molecular flexibility index (Phi) is 10.5. The number of anilines is 4. The van der Waals surface area contributed by atoms with Crippen molar-refractivity contribution >= 4 is 96.5 Å². The molecule has 0 radical (unpaired) electrons. The summed E-state index contributed by atoms with van der Waals surface area (Å²) in [5.41, 5.74) is 12.7. The van der Waals surface area contributed by atoms with Crippen LogP contribution in [0.1, 0.15) is 31.8 Å². The summed E-state index contributed by atoms with van der Waals surface area (Å²) >= 11 is 0. The Balaban J connectivity index is 0.00000506. The molecular formula is C28H25N4NaO8S2. The number of nitrogen functional groups attached to an aromatic ring is 2. The minimum absolute atomic E-state index is 0. The van der Waals surface area contributed by atoms with Crippen molar-refractivity contribution in [2.24, 2.45) is 0 Å². The van der Waals surface area contributed by atoms with Crippen LogP contribution in [-0.2, 0) is 20.2 Å². The average molecular weight is 633 g/mol. The second kappa shape index (κ2) is 13.5. The van der Waals surface area contributed by atoms with Gasteiger partial charge in [-0.25, -0.2) is 0 Å². The van der Waals surface area contributed by atoms with Crippen LogP contribution < -0.4 is 22.1 Å². The zero-order valence-electron chi connectivity index (χ0n) is 21.6. The first-order valence-electron chi connectivity index (χ1n) is 12.0. The van der Waals surface area contributed by atoms with Crippen LogP contribution in [0.2, 0.25) is 0 Å². The van der Waals surface area contributed by atoms with Crippen LogP contribution in [0.3, 0.4) is 0 Å². The van der Waals surface area contributed by atoms with Gasteiger partial charge in [0.05, 0.1) is 0 Å². The Morgan fingerprint density at radius 3 is 1.21 bits per heavy atom. The van der Waals surface area contributed by atoms with Gasteiger partial charge in [-0.3, -0.25) is 18.7 Å². The quantitative estimate of drug-likeness (QED) is 0.0720. The molecule has 43 heavy (non-hydrogen) atoms. The molecular weight excluding hydrogens is 607 g/mol. The summed E-state index contributed by atoms with van der Waals surface area (Å²) in [5, 5.41) is 5.05. The monoisotopic (exact) mass is 632 g/mol. The first kappa shape index (κ1) is 33.5. The molecule has 0 aliphatic rings. The van der Waals surface area contributed by atoms with E-state index in [2.05, 4.69) is 10.6 Å². The Morgan fingerprint density at radius 1 is 0.581 bits per heavy atom. The molecule has 0 fully saturated rings. The van der Waals surface area contributed by atoms with Crippen LogP contribution in [0.15, 0.2) is 94.7 Å². The van der Waals surface area contributed by atoms with Crippen molar-refractivity contribution in [1.82, 2.24) is 0 Å². The third-order valence-corrected chi connectivity index (χ3v) is 7.71. The topological polar surface area (TPSA) is 219 Å². The summed E-state index contributed by atoms with van der Waals surface area (Å²) in [7, 11) is -9.59. The fourth-order valence-corrected chi connectivity index (χ4v) is 5.22. The van der Waals surface area contributed by atoms with Gasteiger partial charge >= 0.3 is 29.6 Å². The molecule has 0 saturated heterocycles. The summed E-state index contributed by atoms with van der Waals surface area (Å²) in [4.78, 5) is 23.9. The third kappa shape index (κ3) is 8.75. The number of amides is 2.